The molecule has 0 fully saturated rings. The lowest BCUT2D eigenvalue weighted by atomic mass is 9.94. The highest BCUT2D eigenvalue weighted by atomic mass is 14.6. The van der Waals surface area contributed by atoms with Gasteiger partial charge in [-0.25, -0.2) is 0 Å². The van der Waals surface area contributed by atoms with Crippen molar-refractivity contribution in [2.75, 3.05) is 7.05 Å². The van der Waals surface area contributed by atoms with E-state index in [2.05, 4.69) is 31.8 Å². The first-order valence-corrected chi connectivity index (χ1v) is 7.83. The van der Waals surface area contributed by atoms with Crippen LogP contribution in [0.1, 0.15) is 78.6 Å². The molecule has 1 unspecified atom stereocenters. The maximum absolute atomic E-state index is 4.05. The van der Waals surface area contributed by atoms with Crippen molar-refractivity contribution >= 4 is 6.21 Å². The third-order valence-electron chi connectivity index (χ3n) is 3.65. The Balaban J connectivity index is 3.67. The Hall–Kier alpha value is -0.590. The van der Waals surface area contributed by atoms with Crippen molar-refractivity contribution in [2.24, 2.45) is 10.9 Å². The molecule has 18 heavy (non-hydrogen) atoms. The Bertz CT molecular complexity index is 228. The summed E-state index contributed by atoms with van der Waals surface area (Å²) in [6.07, 6.45) is 16.7. The summed E-state index contributed by atoms with van der Waals surface area (Å²) in [6.45, 7) is 6.74. The van der Waals surface area contributed by atoms with Crippen molar-refractivity contribution in [1.29, 1.82) is 0 Å². The normalized spacial score (nSPS) is 14.3. The smallest absolute Gasteiger partial charge is 0.0277 e. The molecule has 0 aromatic rings. The van der Waals surface area contributed by atoms with E-state index in [1.165, 1.54) is 63.4 Å². The molecule has 0 aliphatic carbocycles. The fourth-order valence-electron chi connectivity index (χ4n) is 2.31. The number of unbranched alkanes of at least 4 members (excludes halogenated alkanes) is 5. The Labute approximate surface area is 115 Å². The molecule has 0 saturated carbocycles. The number of allylic oxidation sites excluding steroid dienone is 2. The third-order valence-corrected chi connectivity index (χ3v) is 3.65. The van der Waals surface area contributed by atoms with Crippen LogP contribution in [0.4, 0.5) is 0 Å². The van der Waals surface area contributed by atoms with Crippen LogP contribution in [-0.2, 0) is 0 Å². The van der Waals surface area contributed by atoms with Gasteiger partial charge < -0.3 is 0 Å². The molecule has 1 atom stereocenters. The van der Waals surface area contributed by atoms with Crippen LogP contribution in [0.25, 0.3) is 0 Å². The first kappa shape index (κ1) is 17.4. The van der Waals surface area contributed by atoms with Gasteiger partial charge in [-0.1, -0.05) is 71.3 Å². The van der Waals surface area contributed by atoms with Crippen LogP contribution in [0, 0.1) is 5.92 Å². The Morgan fingerprint density at radius 2 is 1.72 bits per heavy atom. The Morgan fingerprint density at radius 1 is 1.06 bits per heavy atom. The zero-order valence-corrected chi connectivity index (χ0v) is 13.0. The molecule has 0 heterocycles. The van der Waals surface area contributed by atoms with Crippen molar-refractivity contribution in [3.05, 3.63) is 11.6 Å². The van der Waals surface area contributed by atoms with Crippen LogP contribution in [0.2, 0.25) is 0 Å². The SMILES string of the molecule is CCCCCCCCC(CC)CC=C(C)C=NC. The highest BCUT2D eigenvalue weighted by molar-refractivity contribution is 5.77. The third kappa shape index (κ3) is 10.6. The number of nitrogens with zero attached hydrogens (tertiary/aromatic N) is 1. The second-order valence-electron chi connectivity index (χ2n) is 5.40. The predicted molar refractivity (Wildman–Crippen MR) is 84.6 cm³/mol. The van der Waals surface area contributed by atoms with Crippen LogP contribution in [-0.4, -0.2) is 13.3 Å². The van der Waals surface area contributed by atoms with Gasteiger partial charge in [0.25, 0.3) is 0 Å². The van der Waals surface area contributed by atoms with Crippen molar-refractivity contribution in [3.8, 4) is 0 Å². The van der Waals surface area contributed by atoms with Gasteiger partial charge in [0.05, 0.1) is 0 Å². The first-order chi connectivity index (χ1) is 8.74. The highest BCUT2D eigenvalue weighted by Gasteiger charge is 2.04. The van der Waals surface area contributed by atoms with Crippen LogP contribution < -0.4 is 0 Å². The zero-order valence-electron chi connectivity index (χ0n) is 13.0. The van der Waals surface area contributed by atoms with Crippen LogP contribution in [0.3, 0.4) is 0 Å². The van der Waals surface area contributed by atoms with Gasteiger partial charge in [-0.15, -0.1) is 0 Å². The van der Waals surface area contributed by atoms with E-state index in [1.807, 2.05) is 13.3 Å². The van der Waals surface area contributed by atoms with E-state index in [1.54, 1.807) is 0 Å². The molecule has 0 aliphatic heterocycles. The molecule has 0 aliphatic rings. The van der Waals surface area contributed by atoms with Gasteiger partial charge in [-0.05, 0) is 24.8 Å². The number of hydrogen-bond acceptors (Lipinski definition) is 1. The lowest BCUT2D eigenvalue weighted by molar-refractivity contribution is 0.442. The molecule has 106 valence electrons. The van der Waals surface area contributed by atoms with Crippen molar-refractivity contribution in [2.45, 2.75) is 78.6 Å². The Kier molecular flexibility index (Phi) is 12.4. The van der Waals surface area contributed by atoms with E-state index >= 15 is 0 Å². The van der Waals surface area contributed by atoms with E-state index in [0.29, 0.717) is 0 Å². The average Bonchev–Trinajstić information content (AvgIpc) is 2.37. The fourth-order valence-corrected chi connectivity index (χ4v) is 2.31. The van der Waals surface area contributed by atoms with Crippen LogP contribution in [0.5, 0.6) is 0 Å². The van der Waals surface area contributed by atoms with E-state index in [9.17, 15) is 0 Å². The summed E-state index contributed by atoms with van der Waals surface area (Å²) in [5, 5.41) is 0. The monoisotopic (exact) mass is 251 g/mol. The van der Waals surface area contributed by atoms with Crippen molar-refractivity contribution in [1.82, 2.24) is 0 Å². The minimum atomic E-state index is 0.872. The lowest BCUT2D eigenvalue weighted by Crippen LogP contribution is -1.98. The minimum absolute atomic E-state index is 0.872. The molecule has 0 aromatic carbocycles. The summed E-state index contributed by atoms with van der Waals surface area (Å²) in [6, 6.07) is 0. The van der Waals surface area contributed by atoms with E-state index in [-0.39, 0.29) is 0 Å². The van der Waals surface area contributed by atoms with Crippen LogP contribution >= 0.6 is 0 Å². The molecule has 1 nitrogen and oxygen atoms in total. The molecule has 0 spiro atoms. The molecule has 0 rings (SSSR count). The van der Waals surface area contributed by atoms with E-state index < -0.39 is 0 Å². The van der Waals surface area contributed by atoms with Crippen molar-refractivity contribution in [3.63, 3.8) is 0 Å². The summed E-state index contributed by atoms with van der Waals surface area (Å²) in [5.74, 6) is 0.872. The van der Waals surface area contributed by atoms with Crippen LogP contribution in [0.15, 0.2) is 16.6 Å². The highest BCUT2D eigenvalue weighted by Crippen LogP contribution is 2.19. The van der Waals surface area contributed by atoms with Gasteiger partial charge >= 0.3 is 0 Å². The van der Waals surface area contributed by atoms with Gasteiger partial charge in [0.1, 0.15) is 0 Å². The second-order valence-corrected chi connectivity index (χ2v) is 5.40. The summed E-state index contributed by atoms with van der Waals surface area (Å²) in [4.78, 5) is 4.05. The maximum atomic E-state index is 4.05. The number of rotatable bonds is 11. The quantitative estimate of drug-likeness (QED) is 0.325. The minimum Gasteiger partial charge on any atom is -0.296 e. The summed E-state index contributed by atoms with van der Waals surface area (Å²) < 4.78 is 0. The second kappa shape index (κ2) is 12.9. The molecular formula is C17H33N. The maximum Gasteiger partial charge on any atom is 0.0277 e. The summed E-state index contributed by atoms with van der Waals surface area (Å²) in [5.41, 5.74) is 1.30. The van der Waals surface area contributed by atoms with Gasteiger partial charge in [0.15, 0.2) is 0 Å². The zero-order chi connectivity index (χ0) is 13.6. The molecule has 0 saturated heterocycles. The molecule has 0 amide bonds. The molecule has 0 N–H and O–H groups in total. The summed E-state index contributed by atoms with van der Waals surface area (Å²) >= 11 is 0. The predicted octanol–water partition coefficient (Wildman–Crippen LogP) is 5.80. The molecule has 0 radical (unpaired) electrons. The van der Waals surface area contributed by atoms with Gasteiger partial charge in [0.2, 0.25) is 0 Å². The lowest BCUT2D eigenvalue weighted by Gasteiger charge is -2.12. The van der Waals surface area contributed by atoms with Gasteiger partial charge in [-0.3, -0.25) is 4.99 Å². The molecular weight excluding hydrogens is 218 g/mol. The largest absolute Gasteiger partial charge is 0.296 e. The topological polar surface area (TPSA) is 12.4 Å². The summed E-state index contributed by atoms with van der Waals surface area (Å²) in [7, 11) is 1.84. The average molecular weight is 251 g/mol. The number of hydrogen-bond donors (Lipinski definition) is 0. The van der Waals surface area contributed by atoms with E-state index in [0.717, 1.165) is 5.92 Å². The molecule has 1 heteroatoms. The first-order valence-electron chi connectivity index (χ1n) is 7.83. The fraction of sp³-hybridized carbons (Fsp3) is 0.824. The van der Waals surface area contributed by atoms with E-state index in [4.69, 9.17) is 0 Å². The van der Waals surface area contributed by atoms with Gasteiger partial charge in [-0.2, -0.15) is 0 Å². The molecule has 0 aromatic heterocycles. The standard InChI is InChI=1S/C17H33N/c1-5-7-8-9-10-11-12-17(6-2)14-13-16(3)15-18-4/h13,15,17H,5-12,14H2,1-4H3. The number of aliphatic imine (C=N–C) groups is 1. The Morgan fingerprint density at radius 3 is 2.33 bits per heavy atom. The molecule has 0 bridgehead atoms. The van der Waals surface area contributed by atoms with Crippen molar-refractivity contribution < 1.29 is 0 Å². The van der Waals surface area contributed by atoms with Gasteiger partial charge in [0, 0.05) is 13.3 Å².